The Labute approximate surface area is 153 Å². The van der Waals surface area contributed by atoms with Crippen LogP contribution in [0.4, 0.5) is 0 Å². The van der Waals surface area contributed by atoms with Crippen molar-refractivity contribution in [3.8, 4) is 5.75 Å². The maximum atomic E-state index is 12.7. The molecule has 0 saturated carbocycles. The highest BCUT2D eigenvalue weighted by Gasteiger charge is 2.17. The average Bonchev–Trinajstić information content (AvgIpc) is 3.07. The number of carbonyl (C=O) groups is 1. The van der Waals surface area contributed by atoms with E-state index >= 15 is 0 Å². The van der Waals surface area contributed by atoms with Crippen LogP contribution < -0.4 is 4.74 Å². The molecule has 1 atom stereocenters. The van der Waals surface area contributed by atoms with Gasteiger partial charge in [-0.25, -0.2) is 9.78 Å². The molecule has 3 rings (SSSR count). The van der Waals surface area contributed by atoms with E-state index < -0.39 is 16.8 Å². The third-order valence-corrected chi connectivity index (χ3v) is 5.27. The van der Waals surface area contributed by atoms with Crippen LogP contribution in [0.15, 0.2) is 29.6 Å². The molecule has 136 valence electrons. The summed E-state index contributed by atoms with van der Waals surface area (Å²) in [4.78, 5) is 23.4. The van der Waals surface area contributed by atoms with Crippen molar-refractivity contribution in [2.45, 2.75) is 24.8 Å². The zero-order valence-electron chi connectivity index (χ0n) is 15.0. The van der Waals surface area contributed by atoms with Crippen LogP contribution in [0.2, 0.25) is 0 Å². The fourth-order valence-corrected chi connectivity index (χ4v) is 3.85. The predicted octanol–water partition coefficient (Wildman–Crippen LogP) is 2.68. The van der Waals surface area contributed by atoms with Gasteiger partial charge in [0.2, 0.25) is 0 Å². The first-order chi connectivity index (χ1) is 12.4. The standard InChI is InChI=1S/C18H19N3O4S/c1-10-8-19-15(11(2)16(10)24-3)9-26(23)18-20-13-6-5-12(17(22)25-4)7-14(13)21-18/h5-8H,9H2,1-4H3,(H,20,21). The van der Waals surface area contributed by atoms with E-state index in [1.807, 2.05) is 13.8 Å². The first-order valence-corrected chi connectivity index (χ1v) is 9.22. The molecule has 1 unspecified atom stereocenters. The van der Waals surface area contributed by atoms with Crippen LogP contribution in [0.1, 0.15) is 27.2 Å². The van der Waals surface area contributed by atoms with Gasteiger partial charge in [0.15, 0.2) is 5.16 Å². The van der Waals surface area contributed by atoms with Crippen LogP contribution >= 0.6 is 0 Å². The average molecular weight is 373 g/mol. The van der Waals surface area contributed by atoms with Crippen molar-refractivity contribution < 1.29 is 18.5 Å². The number of nitrogens with zero attached hydrogens (tertiary/aromatic N) is 2. The van der Waals surface area contributed by atoms with E-state index in [4.69, 9.17) is 9.47 Å². The fourth-order valence-electron chi connectivity index (χ4n) is 2.75. The Hall–Kier alpha value is -2.74. The van der Waals surface area contributed by atoms with Gasteiger partial charge < -0.3 is 14.5 Å². The highest BCUT2D eigenvalue weighted by molar-refractivity contribution is 7.84. The van der Waals surface area contributed by atoms with Gasteiger partial charge in [-0.2, -0.15) is 0 Å². The molecule has 2 aromatic heterocycles. The van der Waals surface area contributed by atoms with Crippen LogP contribution in [-0.4, -0.2) is 39.3 Å². The monoisotopic (exact) mass is 373 g/mol. The molecule has 0 spiro atoms. The minimum absolute atomic E-state index is 0.214. The second-order valence-corrected chi connectivity index (χ2v) is 7.17. The summed E-state index contributed by atoms with van der Waals surface area (Å²) in [5, 5.41) is 0.336. The van der Waals surface area contributed by atoms with E-state index in [9.17, 15) is 9.00 Å². The van der Waals surface area contributed by atoms with E-state index in [2.05, 4.69) is 15.0 Å². The number of fused-ring (bicyclic) bond motifs is 1. The summed E-state index contributed by atoms with van der Waals surface area (Å²) in [6.45, 7) is 3.81. The summed E-state index contributed by atoms with van der Waals surface area (Å²) in [7, 11) is 1.52. The quantitative estimate of drug-likeness (QED) is 0.691. The maximum absolute atomic E-state index is 12.7. The number of esters is 1. The number of aromatic amines is 1. The van der Waals surface area contributed by atoms with Crippen LogP contribution in [-0.2, 0) is 21.3 Å². The summed E-state index contributed by atoms with van der Waals surface area (Å²) in [6, 6.07) is 4.95. The number of ether oxygens (including phenoxy) is 2. The molecule has 0 fully saturated rings. The van der Waals surface area contributed by atoms with E-state index in [0.29, 0.717) is 27.4 Å². The minimum Gasteiger partial charge on any atom is -0.496 e. The van der Waals surface area contributed by atoms with Crippen molar-refractivity contribution in [2.24, 2.45) is 0 Å². The van der Waals surface area contributed by atoms with E-state index in [-0.39, 0.29) is 5.75 Å². The van der Waals surface area contributed by atoms with Crippen molar-refractivity contribution in [1.29, 1.82) is 0 Å². The molecule has 0 saturated heterocycles. The summed E-state index contributed by atoms with van der Waals surface area (Å²) >= 11 is 0. The zero-order chi connectivity index (χ0) is 18.8. The number of carbonyl (C=O) groups excluding carboxylic acids is 1. The molecule has 26 heavy (non-hydrogen) atoms. The zero-order valence-corrected chi connectivity index (χ0v) is 15.8. The summed E-state index contributed by atoms with van der Waals surface area (Å²) in [6.07, 6.45) is 1.71. The van der Waals surface area contributed by atoms with Crippen LogP contribution in [0.5, 0.6) is 5.75 Å². The van der Waals surface area contributed by atoms with Gasteiger partial charge in [-0.05, 0) is 32.0 Å². The molecule has 1 aromatic carbocycles. The van der Waals surface area contributed by atoms with E-state index in [1.54, 1.807) is 31.5 Å². The number of pyridine rings is 1. The van der Waals surface area contributed by atoms with Gasteiger partial charge in [0, 0.05) is 17.3 Å². The first-order valence-electron chi connectivity index (χ1n) is 7.90. The molecule has 1 N–H and O–H groups in total. The topological polar surface area (TPSA) is 94.2 Å². The Morgan fingerprint density at radius 2 is 2.04 bits per heavy atom. The fraction of sp³-hybridized carbons (Fsp3) is 0.278. The Balaban J connectivity index is 1.90. The number of methoxy groups -OCH3 is 2. The third-order valence-electron chi connectivity index (χ3n) is 4.11. The molecule has 0 bridgehead atoms. The molecule has 8 heteroatoms. The number of imidazole rings is 1. The molecule has 0 aliphatic heterocycles. The molecule has 3 aromatic rings. The number of rotatable bonds is 5. The lowest BCUT2D eigenvalue weighted by molar-refractivity contribution is 0.0601. The summed E-state index contributed by atoms with van der Waals surface area (Å²) in [5.74, 6) is 0.529. The lowest BCUT2D eigenvalue weighted by Crippen LogP contribution is -2.05. The second kappa shape index (κ2) is 7.25. The molecule has 0 radical (unpaired) electrons. The first kappa shape index (κ1) is 18.1. The van der Waals surface area contributed by atoms with Gasteiger partial charge in [-0.15, -0.1) is 0 Å². The number of H-pyrrole nitrogens is 1. The number of aromatic nitrogens is 3. The lowest BCUT2D eigenvalue weighted by Gasteiger charge is -2.11. The largest absolute Gasteiger partial charge is 0.496 e. The molecular formula is C18H19N3O4S. The minimum atomic E-state index is -1.41. The van der Waals surface area contributed by atoms with Gasteiger partial charge in [-0.3, -0.25) is 9.19 Å². The number of hydrogen-bond donors (Lipinski definition) is 1. The van der Waals surface area contributed by atoms with Gasteiger partial charge in [0.1, 0.15) is 5.75 Å². The Morgan fingerprint density at radius 1 is 1.27 bits per heavy atom. The van der Waals surface area contributed by atoms with Gasteiger partial charge >= 0.3 is 5.97 Å². The molecular weight excluding hydrogens is 354 g/mol. The van der Waals surface area contributed by atoms with Gasteiger partial charge in [-0.1, -0.05) is 0 Å². The second-order valence-electron chi connectivity index (χ2n) is 5.80. The van der Waals surface area contributed by atoms with Crippen molar-refractivity contribution in [1.82, 2.24) is 15.0 Å². The third kappa shape index (κ3) is 3.32. The number of nitrogens with one attached hydrogen (secondary N) is 1. The van der Waals surface area contributed by atoms with Crippen LogP contribution in [0.25, 0.3) is 11.0 Å². The van der Waals surface area contributed by atoms with Crippen molar-refractivity contribution >= 4 is 27.8 Å². The van der Waals surface area contributed by atoms with Crippen molar-refractivity contribution in [2.75, 3.05) is 14.2 Å². The number of aryl methyl sites for hydroxylation is 1. The van der Waals surface area contributed by atoms with Gasteiger partial charge in [0.05, 0.1) is 53.1 Å². The lowest BCUT2D eigenvalue weighted by atomic mass is 10.1. The summed E-state index contributed by atoms with van der Waals surface area (Å²) in [5.41, 5.74) is 4.15. The SMILES string of the molecule is COC(=O)c1ccc2nc(S(=O)Cc3ncc(C)c(OC)c3C)[nH]c2c1. The highest BCUT2D eigenvalue weighted by atomic mass is 32.2. The predicted molar refractivity (Wildman–Crippen MR) is 97.8 cm³/mol. The summed E-state index contributed by atoms with van der Waals surface area (Å²) < 4.78 is 22.8. The molecule has 0 amide bonds. The molecule has 0 aliphatic carbocycles. The Morgan fingerprint density at radius 3 is 2.73 bits per heavy atom. The van der Waals surface area contributed by atoms with Crippen molar-refractivity contribution in [3.63, 3.8) is 0 Å². The van der Waals surface area contributed by atoms with Crippen LogP contribution in [0, 0.1) is 13.8 Å². The molecule has 2 heterocycles. The van der Waals surface area contributed by atoms with Gasteiger partial charge in [0.25, 0.3) is 0 Å². The van der Waals surface area contributed by atoms with Crippen molar-refractivity contribution in [3.05, 3.63) is 46.8 Å². The normalized spacial score (nSPS) is 12.2. The highest BCUT2D eigenvalue weighted by Crippen LogP contribution is 2.25. The molecule has 0 aliphatic rings. The van der Waals surface area contributed by atoms with E-state index in [0.717, 1.165) is 16.9 Å². The van der Waals surface area contributed by atoms with E-state index in [1.165, 1.54) is 7.11 Å². The number of benzene rings is 1. The Kier molecular flexibility index (Phi) is 5.03. The number of hydrogen-bond acceptors (Lipinski definition) is 6. The maximum Gasteiger partial charge on any atom is 0.337 e. The smallest absolute Gasteiger partial charge is 0.337 e. The Bertz CT molecular complexity index is 1010. The van der Waals surface area contributed by atoms with Crippen LogP contribution in [0.3, 0.4) is 0 Å². The molecule has 7 nitrogen and oxygen atoms in total.